The van der Waals surface area contributed by atoms with Crippen molar-refractivity contribution in [1.29, 1.82) is 0 Å². The molecule has 2 fully saturated rings. The van der Waals surface area contributed by atoms with E-state index in [1.807, 2.05) is 18.2 Å². The van der Waals surface area contributed by atoms with Crippen molar-refractivity contribution in [1.82, 2.24) is 15.7 Å². The molecule has 0 unspecified atom stereocenters. The number of amides is 1. The zero-order valence-electron chi connectivity index (χ0n) is 14.8. The number of piperidine rings is 1. The van der Waals surface area contributed by atoms with Gasteiger partial charge in [-0.1, -0.05) is 29.8 Å². The van der Waals surface area contributed by atoms with Crippen LogP contribution in [-0.4, -0.2) is 47.1 Å². The second kappa shape index (κ2) is 8.23. The number of nitrogens with one attached hydrogen (secondary N) is 2. The number of benzene rings is 1. The smallest absolute Gasteiger partial charge is 0.274 e. The summed E-state index contributed by atoms with van der Waals surface area (Å²) in [6.07, 6.45) is 2.92. The summed E-state index contributed by atoms with van der Waals surface area (Å²) in [6, 6.07) is 9.53. The molecule has 0 aliphatic carbocycles. The summed E-state index contributed by atoms with van der Waals surface area (Å²) in [7, 11) is 0. The maximum Gasteiger partial charge on any atom is 0.274 e. The van der Waals surface area contributed by atoms with Gasteiger partial charge in [-0.05, 0) is 51.9 Å². The van der Waals surface area contributed by atoms with Crippen LogP contribution in [0.5, 0.6) is 0 Å². The molecule has 3 rings (SSSR count). The zero-order chi connectivity index (χ0) is 17.2. The molecule has 25 heavy (non-hydrogen) atoms. The Morgan fingerprint density at radius 3 is 2.56 bits per heavy atom. The van der Waals surface area contributed by atoms with Crippen LogP contribution in [-0.2, 0) is 4.84 Å². The average molecular weight is 388 g/mol. The van der Waals surface area contributed by atoms with Gasteiger partial charge in [-0.25, -0.2) is 10.3 Å². The fourth-order valence-corrected chi connectivity index (χ4v) is 4.00. The van der Waals surface area contributed by atoms with Crippen LogP contribution in [0, 0.1) is 0 Å². The van der Waals surface area contributed by atoms with Crippen molar-refractivity contribution in [3.63, 3.8) is 0 Å². The van der Waals surface area contributed by atoms with E-state index in [-0.39, 0.29) is 23.9 Å². The highest BCUT2D eigenvalue weighted by Gasteiger charge is 2.56. The summed E-state index contributed by atoms with van der Waals surface area (Å²) in [5.74, 6) is -0.272. The molecule has 0 spiro atoms. The molecule has 2 aliphatic rings. The number of nitrogens with zero attached hydrogens (tertiary/aromatic N) is 1. The van der Waals surface area contributed by atoms with Gasteiger partial charge in [0.05, 0.1) is 5.54 Å². The second-order valence-corrected chi connectivity index (χ2v) is 7.72. The van der Waals surface area contributed by atoms with Crippen LogP contribution >= 0.6 is 24.0 Å². The lowest BCUT2D eigenvalue weighted by Crippen LogP contribution is -2.58. The summed E-state index contributed by atoms with van der Waals surface area (Å²) >= 11 is 6.81. The lowest BCUT2D eigenvalue weighted by molar-refractivity contribution is -0.0912. The topological polar surface area (TPSA) is 53.6 Å². The zero-order valence-corrected chi connectivity index (χ0v) is 16.3. The summed E-state index contributed by atoms with van der Waals surface area (Å²) in [6.45, 7) is 7.16. The molecule has 2 aliphatic heterocycles. The molecule has 2 N–H and O–H groups in total. The molecule has 1 aromatic rings. The minimum absolute atomic E-state index is 0. The van der Waals surface area contributed by atoms with Gasteiger partial charge in [0, 0.05) is 24.6 Å². The molecule has 0 saturated carbocycles. The Balaban J connectivity index is 0.00000225. The Labute approximate surface area is 160 Å². The maximum atomic E-state index is 12.2. The van der Waals surface area contributed by atoms with Gasteiger partial charge in [-0.2, -0.15) is 0 Å². The minimum atomic E-state index is -0.928. The van der Waals surface area contributed by atoms with Crippen molar-refractivity contribution in [3.8, 4) is 0 Å². The Bertz CT molecular complexity index is 579. The van der Waals surface area contributed by atoms with Crippen molar-refractivity contribution >= 4 is 29.9 Å². The summed E-state index contributed by atoms with van der Waals surface area (Å²) in [4.78, 5) is 20.4. The third kappa shape index (κ3) is 4.12. The Kier molecular flexibility index (Phi) is 6.74. The van der Waals surface area contributed by atoms with Crippen molar-refractivity contribution in [3.05, 3.63) is 35.9 Å². The first-order chi connectivity index (χ1) is 11.4. The highest BCUT2D eigenvalue weighted by Crippen LogP contribution is 2.45. The predicted octanol–water partition coefficient (Wildman–Crippen LogP) is 2.94. The van der Waals surface area contributed by atoms with Gasteiger partial charge < -0.3 is 5.32 Å². The van der Waals surface area contributed by atoms with E-state index in [1.165, 1.54) is 0 Å². The maximum absolute atomic E-state index is 12.2. The highest BCUT2D eigenvalue weighted by atomic mass is 35.5. The molecule has 1 atom stereocenters. The van der Waals surface area contributed by atoms with E-state index in [1.54, 1.807) is 12.1 Å². The third-order valence-corrected chi connectivity index (χ3v) is 6.13. The van der Waals surface area contributed by atoms with Crippen LogP contribution in [0.1, 0.15) is 43.5 Å². The molecule has 1 amide bonds. The van der Waals surface area contributed by atoms with Gasteiger partial charge in [-0.15, -0.1) is 12.4 Å². The number of hydrogen-bond acceptors (Lipinski definition) is 4. The van der Waals surface area contributed by atoms with Crippen molar-refractivity contribution in [2.45, 2.75) is 49.8 Å². The SMILES string of the molecule is CC1(C)N(C2CCNCC2)CC[C@@]1(Cl)ONC(=O)c1ccccc1.Cl. The lowest BCUT2D eigenvalue weighted by Gasteiger charge is -2.45. The molecule has 2 heterocycles. The Hall–Kier alpha value is -0.850. The molecule has 1 aromatic carbocycles. The highest BCUT2D eigenvalue weighted by molar-refractivity contribution is 6.24. The number of rotatable bonds is 4. The number of carbonyl (C=O) groups excluding carboxylic acids is 1. The first kappa shape index (κ1) is 20.5. The van der Waals surface area contributed by atoms with E-state index >= 15 is 0 Å². The van der Waals surface area contributed by atoms with Gasteiger partial charge in [0.1, 0.15) is 0 Å². The van der Waals surface area contributed by atoms with E-state index in [4.69, 9.17) is 16.4 Å². The molecule has 0 aromatic heterocycles. The summed E-state index contributed by atoms with van der Waals surface area (Å²) in [5.41, 5.74) is 2.75. The van der Waals surface area contributed by atoms with Gasteiger partial charge in [0.2, 0.25) is 0 Å². The molecule has 0 radical (unpaired) electrons. The third-order valence-electron chi connectivity index (χ3n) is 5.40. The van der Waals surface area contributed by atoms with Gasteiger partial charge in [0.15, 0.2) is 5.06 Å². The van der Waals surface area contributed by atoms with Crippen LogP contribution in [0.2, 0.25) is 0 Å². The average Bonchev–Trinajstić information content (AvgIpc) is 2.84. The normalized spacial score (nSPS) is 26.8. The number of alkyl halides is 1. The standard InChI is InChI=1S/C18H26ClN3O2.ClH/c1-17(2)18(19,10-13-22(17)15-8-11-20-12-9-15)24-21-16(23)14-6-4-3-5-7-14;/h3-7,15,20H,8-13H2,1-2H3,(H,21,23);1H/t18-;/m1./s1. The van der Waals surface area contributed by atoms with Crippen LogP contribution in [0.25, 0.3) is 0 Å². The van der Waals surface area contributed by atoms with E-state index in [9.17, 15) is 4.79 Å². The second-order valence-electron chi connectivity index (χ2n) is 7.11. The molecular weight excluding hydrogens is 361 g/mol. The summed E-state index contributed by atoms with van der Waals surface area (Å²) < 4.78 is 0. The van der Waals surface area contributed by atoms with Crippen molar-refractivity contribution in [2.75, 3.05) is 19.6 Å². The number of halogens is 2. The predicted molar refractivity (Wildman–Crippen MR) is 102 cm³/mol. The largest absolute Gasteiger partial charge is 0.317 e. The lowest BCUT2D eigenvalue weighted by atomic mass is 9.94. The van der Waals surface area contributed by atoms with Crippen LogP contribution in [0.4, 0.5) is 0 Å². The number of likely N-dealkylation sites (tertiary alicyclic amines) is 1. The van der Waals surface area contributed by atoms with Crippen molar-refractivity contribution in [2.24, 2.45) is 0 Å². The summed E-state index contributed by atoms with van der Waals surface area (Å²) in [5, 5.41) is 2.47. The number of hydrogen-bond donors (Lipinski definition) is 2. The fraction of sp³-hybridized carbons (Fsp3) is 0.611. The van der Waals surface area contributed by atoms with Gasteiger partial charge in [-0.3, -0.25) is 9.69 Å². The molecule has 2 saturated heterocycles. The number of carbonyl (C=O) groups is 1. The molecule has 5 nitrogen and oxygen atoms in total. The van der Waals surface area contributed by atoms with E-state index < -0.39 is 5.06 Å². The first-order valence-electron chi connectivity index (χ1n) is 8.64. The van der Waals surface area contributed by atoms with E-state index in [0.29, 0.717) is 18.0 Å². The Morgan fingerprint density at radius 2 is 1.92 bits per heavy atom. The van der Waals surface area contributed by atoms with Gasteiger partial charge in [0.25, 0.3) is 5.91 Å². The van der Waals surface area contributed by atoms with Crippen LogP contribution in [0.3, 0.4) is 0 Å². The quantitative estimate of drug-likeness (QED) is 0.615. The monoisotopic (exact) mass is 387 g/mol. The Morgan fingerprint density at radius 1 is 1.28 bits per heavy atom. The fourth-order valence-electron chi connectivity index (χ4n) is 3.77. The molecule has 0 bridgehead atoms. The first-order valence-corrected chi connectivity index (χ1v) is 9.02. The molecule has 140 valence electrons. The van der Waals surface area contributed by atoms with E-state index in [0.717, 1.165) is 32.5 Å². The minimum Gasteiger partial charge on any atom is -0.317 e. The van der Waals surface area contributed by atoms with Crippen molar-refractivity contribution < 1.29 is 9.63 Å². The van der Waals surface area contributed by atoms with E-state index in [2.05, 4.69) is 29.5 Å². The number of hydroxylamine groups is 1. The van der Waals surface area contributed by atoms with Crippen LogP contribution < -0.4 is 10.8 Å². The molecular formula is C18H27Cl2N3O2. The molecule has 7 heteroatoms. The van der Waals surface area contributed by atoms with Crippen LogP contribution in [0.15, 0.2) is 30.3 Å². The van der Waals surface area contributed by atoms with Gasteiger partial charge >= 0.3 is 0 Å².